The average molecular weight is 377 g/mol. The normalized spacial score (nSPS) is 22.9. The van der Waals surface area contributed by atoms with Gasteiger partial charge in [-0.2, -0.15) is 0 Å². The summed E-state index contributed by atoms with van der Waals surface area (Å²) in [7, 11) is 1.61. The maximum Gasteiger partial charge on any atom is 0.409 e. The van der Waals surface area contributed by atoms with Gasteiger partial charge in [0, 0.05) is 32.7 Å². The predicted molar refractivity (Wildman–Crippen MR) is 98.4 cm³/mol. The maximum absolute atomic E-state index is 12.8. The summed E-state index contributed by atoms with van der Waals surface area (Å²) >= 11 is 0. The van der Waals surface area contributed by atoms with Gasteiger partial charge < -0.3 is 29.7 Å². The van der Waals surface area contributed by atoms with Crippen LogP contribution in [0.15, 0.2) is 24.3 Å². The van der Waals surface area contributed by atoms with Crippen molar-refractivity contribution in [3.63, 3.8) is 0 Å². The number of nitrogens with zero attached hydrogens (tertiary/aromatic N) is 2. The van der Waals surface area contributed by atoms with Crippen LogP contribution in [-0.4, -0.2) is 78.9 Å². The molecule has 0 saturated carbocycles. The first-order valence-electron chi connectivity index (χ1n) is 9.29. The number of carbonyl (C=O) groups excluding carboxylic acids is 2. The molecule has 2 saturated heterocycles. The van der Waals surface area contributed by atoms with Crippen LogP contribution in [0.25, 0.3) is 0 Å². The van der Waals surface area contributed by atoms with Gasteiger partial charge in [-0.1, -0.05) is 12.1 Å². The fraction of sp³-hybridized carbons (Fsp3) is 0.579. The molecule has 0 aliphatic carbocycles. The number of methoxy groups -OCH3 is 1. The van der Waals surface area contributed by atoms with Crippen molar-refractivity contribution in [2.45, 2.75) is 25.0 Å². The highest BCUT2D eigenvalue weighted by Crippen LogP contribution is 2.24. The summed E-state index contributed by atoms with van der Waals surface area (Å²) in [5.41, 5.74) is -0.449. The van der Waals surface area contributed by atoms with E-state index in [1.165, 1.54) is 0 Å². The third-order valence-corrected chi connectivity index (χ3v) is 5.03. The minimum absolute atomic E-state index is 0.170. The van der Waals surface area contributed by atoms with Gasteiger partial charge in [0.2, 0.25) is 0 Å². The molecule has 1 aromatic carbocycles. The second-order valence-electron chi connectivity index (χ2n) is 6.99. The lowest BCUT2D eigenvalue weighted by Crippen LogP contribution is -2.58. The first-order chi connectivity index (χ1) is 13.0. The van der Waals surface area contributed by atoms with Crippen LogP contribution in [0.5, 0.6) is 5.75 Å². The fourth-order valence-corrected chi connectivity index (χ4v) is 3.51. The lowest BCUT2D eigenvalue weighted by molar-refractivity contribution is -0.157. The zero-order chi connectivity index (χ0) is 19.3. The van der Waals surface area contributed by atoms with Gasteiger partial charge in [-0.15, -0.1) is 0 Å². The summed E-state index contributed by atoms with van der Waals surface area (Å²) < 4.78 is 10.1. The standard InChI is InChI=1S/C19H27N3O5/c1-26-16-5-2-4-15(12-16)13-22-8-3-6-19(25,17(22)23)14-20-7-9-21-10-11-27-18(21)24/h2,4-5,12,20,25H,3,6-11,13-14H2,1H3. The molecule has 1 atom stereocenters. The van der Waals surface area contributed by atoms with E-state index in [0.717, 1.165) is 17.7 Å². The summed E-state index contributed by atoms with van der Waals surface area (Å²) in [4.78, 5) is 27.5. The Bertz CT molecular complexity index is 683. The van der Waals surface area contributed by atoms with Gasteiger partial charge in [0.15, 0.2) is 5.60 Å². The van der Waals surface area contributed by atoms with Crippen molar-refractivity contribution in [1.29, 1.82) is 0 Å². The molecule has 8 nitrogen and oxygen atoms in total. The molecule has 1 aromatic rings. The summed E-state index contributed by atoms with van der Waals surface area (Å²) in [6, 6.07) is 7.59. The van der Waals surface area contributed by atoms with Crippen LogP contribution in [0.3, 0.4) is 0 Å². The second kappa shape index (κ2) is 8.58. The van der Waals surface area contributed by atoms with E-state index in [1.807, 2.05) is 24.3 Å². The Morgan fingerprint density at radius 2 is 2.15 bits per heavy atom. The molecule has 2 heterocycles. The molecule has 0 spiro atoms. The SMILES string of the molecule is COc1cccc(CN2CCCC(O)(CNCCN3CCOC3=O)C2=O)c1. The van der Waals surface area contributed by atoms with Gasteiger partial charge in [-0.25, -0.2) is 4.79 Å². The molecule has 2 aliphatic rings. The first-order valence-corrected chi connectivity index (χ1v) is 9.29. The number of hydrogen-bond donors (Lipinski definition) is 2. The number of benzene rings is 1. The van der Waals surface area contributed by atoms with E-state index < -0.39 is 5.60 Å². The number of cyclic esters (lactones) is 1. The average Bonchev–Trinajstić information content (AvgIpc) is 3.08. The Kier molecular flexibility index (Phi) is 6.18. The van der Waals surface area contributed by atoms with Crippen LogP contribution in [0, 0.1) is 0 Å². The number of rotatable bonds is 8. The topological polar surface area (TPSA) is 91.3 Å². The Morgan fingerprint density at radius 3 is 2.89 bits per heavy atom. The van der Waals surface area contributed by atoms with Crippen molar-refractivity contribution in [1.82, 2.24) is 15.1 Å². The molecule has 1 unspecified atom stereocenters. The highest BCUT2D eigenvalue weighted by molar-refractivity contribution is 5.86. The molecule has 0 radical (unpaired) electrons. The van der Waals surface area contributed by atoms with E-state index in [0.29, 0.717) is 45.8 Å². The van der Waals surface area contributed by atoms with Gasteiger partial charge >= 0.3 is 6.09 Å². The quantitative estimate of drug-likeness (QED) is 0.645. The lowest BCUT2D eigenvalue weighted by Gasteiger charge is -2.38. The van der Waals surface area contributed by atoms with Gasteiger partial charge in [0.25, 0.3) is 5.91 Å². The molecular weight excluding hydrogens is 350 g/mol. The highest BCUT2D eigenvalue weighted by Gasteiger charge is 2.41. The van der Waals surface area contributed by atoms with Gasteiger partial charge in [0.1, 0.15) is 12.4 Å². The minimum Gasteiger partial charge on any atom is -0.497 e. The number of piperidine rings is 1. The fourth-order valence-electron chi connectivity index (χ4n) is 3.51. The van der Waals surface area contributed by atoms with Gasteiger partial charge in [0.05, 0.1) is 13.7 Å². The van der Waals surface area contributed by atoms with Crippen molar-refractivity contribution < 1.29 is 24.2 Å². The lowest BCUT2D eigenvalue weighted by atomic mass is 9.91. The number of likely N-dealkylation sites (tertiary alicyclic amines) is 1. The first kappa shape index (κ1) is 19.4. The molecule has 8 heteroatoms. The Morgan fingerprint density at radius 1 is 1.30 bits per heavy atom. The van der Waals surface area contributed by atoms with Crippen LogP contribution in [0.1, 0.15) is 18.4 Å². The molecule has 3 rings (SSSR count). The molecule has 2 fully saturated rings. The Labute approximate surface area is 159 Å². The van der Waals surface area contributed by atoms with Crippen molar-refractivity contribution >= 4 is 12.0 Å². The van der Waals surface area contributed by atoms with Crippen molar-refractivity contribution in [3.05, 3.63) is 29.8 Å². The largest absolute Gasteiger partial charge is 0.497 e. The van der Waals surface area contributed by atoms with E-state index in [4.69, 9.17) is 9.47 Å². The van der Waals surface area contributed by atoms with Gasteiger partial charge in [-0.3, -0.25) is 4.79 Å². The van der Waals surface area contributed by atoms with E-state index in [9.17, 15) is 14.7 Å². The molecule has 148 valence electrons. The summed E-state index contributed by atoms with van der Waals surface area (Å²) in [6.07, 6.45) is 0.861. The Balaban J connectivity index is 1.52. The van der Waals surface area contributed by atoms with Gasteiger partial charge in [-0.05, 0) is 30.5 Å². The van der Waals surface area contributed by atoms with E-state index in [2.05, 4.69) is 5.32 Å². The molecule has 2 N–H and O–H groups in total. The second-order valence-corrected chi connectivity index (χ2v) is 6.99. The minimum atomic E-state index is -1.41. The van der Waals surface area contributed by atoms with Crippen molar-refractivity contribution in [3.8, 4) is 5.75 Å². The highest BCUT2D eigenvalue weighted by atomic mass is 16.6. The number of ether oxygens (including phenoxy) is 2. The van der Waals surface area contributed by atoms with Crippen LogP contribution < -0.4 is 10.1 Å². The molecule has 2 amide bonds. The van der Waals surface area contributed by atoms with Crippen LogP contribution >= 0.6 is 0 Å². The van der Waals surface area contributed by atoms with Crippen LogP contribution in [0.4, 0.5) is 4.79 Å². The third kappa shape index (κ3) is 4.70. The van der Waals surface area contributed by atoms with Crippen LogP contribution in [-0.2, 0) is 16.1 Å². The van der Waals surface area contributed by atoms with E-state index in [-0.39, 0.29) is 18.5 Å². The Hall–Kier alpha value is -2.32. The van der Waals surface area contributed by atoms with Crippen molar-refractivity contribution in [2.24, 2.45) is 0 Å². The van der Waals surface area contributed by atoms with Crippen molar-refractivity contribution in [2.75, 3.05) is 46.4 Å². The maximum atomic E-state index is 12.8. The van der Waals surface area contributed by atoms with E-state index >= 15 is 0 Å². The summed E-state index contributed by atoms with van der Waals surface area (Å²) in [6.45, 7) is 3.23. The molecule has 27 heavy (non-hydrogen) atoms. The number of aliphatic hydroxyl groups is 1. The molecule has 2 aliphatic heterocycles. The number of nitrogens with one attached hydrogen (secondary N) is 1. The van der Waals surface area contributed by atoms with E-state index in [1.54, 1.807) is 16.9 Å². The predicted octanol–water partition coefficient (Wildman–Crippen LogP) is 0.591. The molecule has 0 aromatic heterocycles. The number of amides is 2. The molecule has 0 bridgehead atoms. The molecular formula is C19H27N3O5. The monoisotopic (exact) mass is 377 g/mol. The van der Waals surface area contributed by atoms with Crippen LogP contribution in [0.2, 0.25) is 0 Å². The summed E-state index contributed by atoms with van der Waals surface area (Å²) in [5.74, 6) is 0.485. The zero-order valence-electron chi connectivity index (χ0n) is 15.6. The number of carbonyl (C=O) groups is 2. The zero-order valence-corrected chi connectivity index (χ0v) is 15.6. The smallest absolute Gasteiger partial charge is 0.409 e. The summed E-state index contributed by atoms with van der Waals surface area (Å²) in [5, 5.41) is 14.0. The third-order valence-electron chi connectivity index (χ3n) is 5.03. The number of hydrogen-bond acceptors (Lipinski definition) is 6.